The molecule has 0 aliphatic rings. The van der Waals surface area contributed by atoms with Crippen LogP contribution in [0.15, 0.2) is 8.95 Å². The summed E-state index contributed by atoms with van der Waals surface area (Å²) in [6.45, 7) is 0. The Kier molecular flexibility index (Phi) is 7.71. The van der Waals surface area contributed by atoms with Crippen molar-refractivity contribution < 1.29 is 0 Å². The molecule has 0 heterocycles. The van der Waals surface area contributed by atoms with Gasteiger partial charge in [-0.05, 0) is 54.1 Å². The third-order valence-corrected chi connectivity index (χ3v) is 6.88. The molecule has 0 nitrogen and oxygen atoms in total. The summed E-state index contributed by atoms with van der Waals surface area (Å²) < 4.78 is 2.27. The molecule has 1 aromatic rings. The van der Waals surface area contributed by atoms with Crippen molar-refractivity contribution in [3.63, 3.8) is 0 Å². The van der Waals surface area contributed by atoms with E-state index in [1.54, 1.807) is 0 Å². The highest BCUT2D eigenvalue weighted by molar-refractivity contribution is 9.13. The minimum atomic E-state index is 0.843. The van der Waals surface area contributed by atoms with Gasteiger partial charge in [0.25, 0.3) is 0 Å². The van der Waals surface area contributed by atoms with Gasteiger partial charge in [0.05, 0.1) is 0 Å². The van der Waals surface area contributed by atoms with Crippen LogP contribution in [0.4, 0.5) is 0 Å². The molecule has 1 rings (SSSR count). The molecule has 0 fully saturated rings. The summed E-state index contributed by atoms with van der Waals surface area (Å²) in [4.78, 5) is 0. The maximum Gasteiger partial charge on any atom is 0.0364 e. The Labute approximate surface area is 146 Å². The van der Waals surface area contributed by atoms with E-state index in [9.17, 15) is 0 Å². The first kappa shape index (κ1) is 16.2. The Balaban J connectivity index is 3.61. The van der Waals surface area contributed by atoms with Crippen LogP contribution in [0.2, 0.25) is 0 Å². The van der Waals surface area contributed by atoms with Crippen LogP contribution < -0.4 is 0 Å². The number of halogens is 6. The second-order valence-electron chi connectivity index (χ2n) is 3.08. The van der Waals surface area contributed by atoms with E-state index in [0.717, 1.165) is 30.3 Å². The van der Waals surface area contributed by atoms with Gasteiger partial charge in [-0.1, -0.05) is 63.7 Å². The van der Waals surface area contributed by atoms with Crippen LogP contribution >= 0.6 is 95.6 Å². The van der Waals surface area contributed by atoms with Crippen LogP contribution in [0, 0.1) is 0 Å². The van der Waals surface area contributed by atoms with Crippen LogP contribution in [0.5, 0.6) is 0 Å². The first-order chi connectivity index (χ1) is 7.62. The fraction of sp³-hybridized carbons (Fsp3) is 0.400. The topological polar surface area (TPSA) is 0 Å². The zero-order valence-electron chi connectivity index (χ0n) is 8.10. The second-order valence-corrected chi connectivity index (χ2v) is 6.91. The van der Waals surface area contributed by atoms with E-state index in [1.807, 2.05) is 0 Å². The van der Waals surface area contributed by atoms with Crippen molar-refractivity contribution >= 4 is 95.6 Å². The summed E-state index contributed by atoms with van der Waals surface area (Å²) >= 11 is 21.5. The molecule has 0 aliphatic heterocycles. The average Bonchev–Trinajstić information content (AvgIpc) is 2.31. The quantitative estimate of drug-likeness (QED) is 0.331. The molecule has 1 aromatic carbocycles. The van der Waals surface area contributed by atoms with Gasteiger partial charge in [0, 0.05) is 30.3 Å². The summed E-state index contributed by atoms with van der Waals surface area (Å²) in [5.74, 6) is 0. The third kappa shape index (κ3) is 3.16. The fourth-order valence-electron chi connectivity index (χ4n) is 1.50. The predicted molar refractivity (Wildman–Crippen MR) is 92.4 cm³/mol. The van der Waals surface area contributed by atoms with Gasteiger partial charge in [0.15, 0.2) is 0 Å². The summed E-state index contributed by atoms with van der Waals surface area (Å²) in [5.41, 5.74) is 5.28. The van der Waals surface area contributed by atoms with Gasteiger partial charge in [0.1, 0.15) is 0 Å². The molecular formula is C10H8Br6. The van der Waals surface area contributed by atoms with Gasteiger partial charge in [-0.15, -0.1) is 0 Å². The van der Waals surface area contributed by atoms with Crippen LogP contribution in [-0.4, -0.2) is 0 Å². The SMILES string of the molecule is BrCc1c(Br)c(Br)c(CBr)c(CBr)c1CBr. The van der Waals surface area contributed by atoms with E-state index in [4.69, 9.17) is 0 Å². The van der Waals surface area contributed by atoms with Crippen molar-refractivity contribution in [2.75, 3.05) is 0 Å². The lowest BCUT2D eigenvalue weighted by Crippen LogP contribution is -2.02. The van der Waals surface area contributed by atoms with Crippen LogP contribution in [0.1, 0.15) is 22.3 Å². The Morgan fingerprint density at radius 1 is 0.500 bits per heavy atom. The van der Waals surface area contributed by atoms with E-state index in [-0.39, 0.29) is 0 Å². The Morgan fingerprint density at radius 2 is 0.750 bits per heavy atom. The second kappa shape index (κ2) is 7.63. The first-order valence-electron chi connectivity index (χ1n) is 4.36. The highest BCUT2D eigenvalue weighted by atomic mass is 79.9. The lowest BCUT2D eigenvalue weighted by molar-refractivity contribution is 1.15. The lowest BCUT2D eigenvalue weighted by Gasteiger charge is -2.18. The van der Waals surface area contributed by atoms with E-state index in [1.165, 1.54) is 22.3 Å². The molecule has 0 aromatic heterocycles. The van der Waals surface area contributed by atoms with E-state index in [0.29, 0.717) is 0 Å². The number of benzene rings is 1. The molecule has 0 radical (unpaired) electrons. The van der Waals surface area contributed by atoms with Gasteiger partial charge >= 0.3 is 0 Å². The smallest absolute Gasteiger partial charge is 0.0364 e. The van der Waals surface area contributed by atoms with Crippen molar-refractivity contribution in [2.24, 2.45) is 0 Å². The average molecular weight is 608 g/mol. The van der Waals surface area contributed by atoms with Crippen molar-refractivity contribution in [1.29, 1.82) is 0 Å². The van der Waals surface area contributed by atoms with Gasteiger partial charge < -0.3 is 0 Å². The Bertz CT molecular complexity index is 351. The summed E-state index contributed by atoms with van der Waals surface area (Å²) in [5, 5.41) is 3.41. The predicted octanol–water partition coefficient (Wildman–Crippen LogP) is 6.79. The fourth-order valence-corrected chi connectivity index (χ4v) is 6.08. The number of rotatable bonds is 4. The summed E-state index contributed by atoms with van der Waals surface area (Å²) in [6, 6.07) is 0. The molecule has 0 atom stereocenters. The summed E-state index contributed by atoms with van der Waals surface area (Å²) in [7, 11) is 0. The Morgan fingerprint density at radius 3 is 0.938 bits per heavy atom. The summed E-state index contributed by atoms with van der Waals surface area (Å²) in [6.07, 6.45) is 0. The molecule has 0 unspecified atom stereocenters. The molecule has 0 bridgehead atoms. The molecule has 0 spiro atoms. The maximum atomic E-state index is 3.65. The molecule has 0 saturated heterocycles. The zero-order chi connectivity index (χ0) is 12.3. The molecule has 90 valence electrons. The molecular weight excluding hydrogens is 600 g/mol. The molecule has 0 saturated carbocycles. The van der Waals surface area contributed by atoms with Crippen molar-refractivity contribution in [3.05, 3.63) is 31.2 Å². The van der Waals surface area contributed by atoms with Gasteiger partial charge in [-0.25, -0.2) is 0 Å². The Hall–Kier alpha value is 2.10. The van der Waals surface area contributed by atoms with Crippen molar-refractivity contribution in [3.8, 4) is 0 Å². The molecule has 0 amide bonds. The molecule has 0 aliphatic carbocycles. The standard InChI is InChI=1S/C10H8Br6/c11-1-5-6(2-12)8(4-14)10(16)9(15)7(5)3-13/h1-4H2. The number of alkyl halides is 4. The molecule has 16 heavy (non-hydrogen) atoms. The van der Waals surface area contributed by atoms with Crippen LogP contribution in [0.25, 0.3) is 0 Å². The first-order valence-corrected chi connectivity index (χ1v) is 10.4. The third-order valence-electron chi connectivity index (χ3n) is 2.35. The largest absolute Gasteiger partial charge is 0.0876 e. The maximum absolute atomic E-state index is 3.65. The van der Waals surface area contributed by atoms with Crippen LogP contribution in [-0.2, 0) is 21.3 Å². The van der Waals surface area contributed by atoms with Gasteiger partial charge in [0.2, 0.25) is 0 Å². The minimum absolute atomic E-state index is 0.843. The zero-order valence-corrected chi connectivity index (χ0v) is 17.6. The van der Waals surface area contributed by atoms with E-state index in [2.05, 4.69) is 95.6 Å². The van der Waals surface area contributed by atoms with Crippen molar-refractivity contribution in [1.82, 2.24) is 0 Å². The highest BCUT2D eigenvalue weighted by Crippen LogP contribution is 2.40. The molecule has 0 N–H and O–H groups in total. The van der Waals surface area contributed by atoms with E-state index >= 15 is 0 Å². The van der Waals surface area contributed by atoms with Crippen LogP contribution in [0.3, 0.4) is 0 Å². The lowest BCUT2D eigenvalue weighted by atomic mass is 10.00. The number of hydrogen-bond donors (Lipinski definition) is 0. The monoisotopic (exact) mass is 602 g/mol. The normalized spacial score (nSPS) is 10.9. The number of hydrogen-bond acceptors (Lipinski definition) is 0. The van der Waals surface area contributed by atoms with Gasteiger partial charge in [-0.3, -0.25) is 0 Å². The minimum Gasteiger partial charge on any atom is -0.0876 e. The van der Waals surface area contributed by atoms with Crippen molar-refractivity contribution in [2.45, 2.75) is 21.3 Å². The highest BCUT2D eigenvalue weighted by Gasteiger charge is 2.18. The molecule has 6 heteroatoms. The van der Waals surface area contributed by atoms with E-state index < -0.39 is 0 Å². The van der Waals surface area contributed by atoms with Gasteiger partial charge in [-0.2, -0.15) is 0 Å².